The zero-order valence-corrected chi connectivity index (χ0v) is 15.6. The molecular weight excluding hydrogens is 358 g/mol. The van der Waals surface area contributed by atoms with E-state index in [1.165, 1.54) is 12.1 Å². The van der Waals surface area contributed by atoms with Crippen LogP contribution in [0.5, 0.6) is 11.5 Å². The summed E-state index contributed by atoms with van der Waals surface area (Å²) in [6.07, 6.45) is 2.44. The summed E-state index contributed by atoms with van der Waals surface area (Å²) in [7, 11) is -3.87. The first-order valence-corrected chi connectivity index (χ1v) is 10.3. The first kappa shape index (κ1) is 18.9. The highest BCUT2D eigenvalue weighted by Crippen LogP contribution is 2.31. The molecule has 2 aliphatic rings. The van der Waals surface area contributed by atoms with E-state index in [9.17, 15) is 13.2 Å². The molecule has 2 heterocycles. The van der Waals surface area contributed by atoms with Gasteiger partial charge in [0, 0.05) is 31.6 Å². The van der Waals surface area contributed by atoms with Crippen molar-refractivity contribution < 1.29 is 22.7 Å². The van der Waals surface area contributed by atoms with Crippen LogP contribution in [0, 0.1) is 0 Å². The van der Waals surface area contributed by atoms with Gasteiger partial charge in [0.2, 0.25) is 15.9 Å². The Morgan fingerprint density at radius 1 is 1.27 bits per heavy atom. The molecule has 8 nitrogen and oxygen atoms in total. The second kappa shape index (κ2) is 7.81. The van der Waals surface area contributed by atoms with Crippen molar-refractivity contribution in [2.24, 2.45) is 5.73 Å². The van der Waals surface area contributed by atoms with E-state index in [0.29, 0.717) is 37.8 Å². The molecule has 0 aromatic heterocycles. The number of piperidine rings is 1. The number of ether oxygens (including phenoxy) is 2. The van der Waals surface area contributed by atoms with Crippen molar-refractivity contribution in [1.82, 2.24) is 9.62 Å². The fourth-order valence-corrected chi connectivity index (χ4v) is 4.36. The van der Waals surface area contributed by atoms with E-state index in [0.717, 1.165) is 19.3 Å². The molecule has 1 fully saturated rings. The zero-order valence-electron chi connectivity index (χ0n) is 14.8. The first-order valence-electron chi connectivity index (χ1n) is 8.83. The number of hydrogen-bond donors (Lipinski definition) is 2. The number of benzene rings is 1. The van der Waals surface area contributed by atoms with Gasteiger partial charge in [-0.25, -0.2) is 8.42 Å². The molecule has 2 atom stereocenters. The maximum atomic E-state index is 12.7. The molecule has 9 heteroatoms. The molecule has 144 valence electrons. The quantitative estimate of drug-likeness (QED) is 0.782. The maximum absolute atomic E-state index is 12.7. The van der Waals surface area contributed by atoms with Gasteiger partial charge in [0.15, 0.2) is 11.5 Å². The van der Waals surface area contributed by atoms with E-state index in [1.807, 2.05) is 0 Å². The Labute approximate surface area is 153 Å². The van der Waals surface area contributed by atoms with E-state index in [1.54, 1.807) is 17.9 Å². The fourth-order valence-electron chi connectivity index (χ4n) is 3.15. The molecule has 1 aromatic rings. The molecule has 26 heavy (non-hydrogen) atoms. The number of amides is 1. The second-order valence-corrected chi connectivity index (χ2v) is 8.40. The zero-order chi connectivity index (χ0) is 18.7. The number of sulfonamides is 1. The number of rotatable bonds is 4. The van der Waals surface area contributed by atoms with Gasteiger partial charge in [-0.2, -0.15) is 4.72 Å². The molecule has 1 saturated heterocycles. The first-order chi connectivity index (χ1) is 12.4. The number of hydrogen-bond acceptors (Lipinski definition) is 6. The average molecular weight is 383 g/mol. The Morgan fingerprint density at radius 2 is 2.00 bits per heavy atom. The van der Waals surface area contributed by atoms with Gasteiger partial charge in [0.25, 0.3) is 0 Å². The lowest BCUT2D eigenvalue weighted by Crippen LogP contribution is -2.52. The summed E-state index contributed by atoms with van der Waals surface area (Å²) >= 11 is 0. The molecule has 1 amide bonds. The fraction of sp³-hybridized carbons (Fsp3) is 0.588. The van der Waals surface area contributed by atoms with E-state index in [-0.39, 0.29) is 16.8 Å². The minimum atomic E-state index is -3.87. The van der Waals surface area contributed by atoms with Crippen molar-refractivity contribution in [2.75, 3.05) is 26.3 Å². The normalized spacial score (nSPS) is 21.8. The summed E-state index contributed by atoms with van der Waals surface area (Å²) in [5, 5.41) is 0. The van der Waals surface area contributed by atoms with Crippen LogP contribution in [0.4, 0.5) is 0 Å². The predicted molar refractivity (Wildman–Crippen MR) is 95.6 cm³/mol. The summed E-state index contributed by atoms with van der Waals surface area (Å²) in [6, 6.07) is 3.52. The van der Waals surface area contributed by atoms with Gasteiger partial charge in [0.05, 0.1) is 24.2 Å². The second-order valence-electron chi connectivity index (χ2n) is 6.69. The number of nitrogens with zero attached hydrogens (tertiary/aromatic N) is 1. The van der Waals surface area contributed by atoms with Gasteiger partial charge in [-0.15, -0.1) is 0 Å². The van der Waals surface area contributed by atoms with Crippen LogP contribution in [0.1, 0.15) is 26.2 Å². The van der Waals surface area contributed by atoms with E-state index in [4.69, 9.17) is 15.2 Å². The molecule has 2 aliphatic heterocycles. The Kier molecular flexibility index (Phi) is 5.69. The monoisotopic (exact) mass is 383 g/mol. The lowest BCUT2D eigenvalue weighted by molar-refractivity contribution is -0.133. The average Bonchev–Trinajstić information content (AvgIpc) is 2.85. The van der Waals surface area contributed by atoms with E-state index in [2.05, 4.69) is 4.72 Å². The van der Waals surface area contributed by atoms with Crippen LogP contribution >= 0.6 is 0 Å². The minimum Gasteiger partial charge on any atom is -0.490 e. The highest BCUT2D eigenvalue weighted by molar-refractivity contribution is 7.89. The largest absolute Gasteiger partial charge is 0.490 e. The number of fused-ring (bicyclic) bond motifs is 1. The summed E-state index contributed by atoms with van der Waals surface area (Å²) in [5.41, 5.74) is 5.90. The van der Waals surface area contributed by atoms with Crippen molar-refractivity contribution in [3.8, 4) is 11.5 Å². The van der Waals surface area contributed by atoms with Crippen molar-refractivity contribution in [3.63, 3.8) is 0 Å². The summed E-state index contributed by atoms with van der Waals surface area (Å²) in [5.74, 6) is 0.650. The van der Waals surface area contributed by atoms with Crippen molar-refractivity contribution >= 4 is 15.9 Å². The Bertz CT molecular complexity index is 768. The molecule has 0 aliphatic carbocycles. The van der Waals surface area contributed by atoms with Gasteiger partial charge in [-0.05, 0) is 31.9 Å². The molecule has 3 N–H and O–H groups in total. The third-order valence-corrected chi connectivity index (χ3v) is 6.04. The molecule has 0 bridgehead atoms. The Balaban J connectivity index is 1.72. The Hall–Kier alpha value is -1.84. The van der Waals surface area contributed by atoms with Crippen LogP contribution in [0.15, 0.2) is 23.1 Å². The van der Waals surface area contributed by atoms with Crippen LogP contribution in [-0.2, 0) is 14.8 Å². The standard InChI is InChI=1S/C17H25N3O5S/c1-12(17(21)20-7-2-4-13(18)11-20)19-26(22,23)14-5-6-15-16(10-14)25-9-3-8-24-15/h5-6,10,12-13,19H,2-4,7-9,11,18H2,1H3. The van der Waals surface area contributed by atoms with Crippen molar-refractivity contribution in [3.05, 3.63) is 18.2 Å². The predicted octanol–water partition coefficient (Wildman–Crippen LogP) is 0.464. The van der Waals surface area contributed by atoms with E-state index < -0.39 is 16.1 Å². The van der Waals surface area contributed by atoms with Gasteiger partial charge in [-0.1, -0.05) is 0 Å². The summed E-state index contributed by atoms with van der Waals surface area (Å²) in [4.78, 5) is 14.2. The molecule has 0 radical (unpaired) electrons. The van der Waals surface area contributed by atoms with Gasteiger partial charge in [0.1, 0.15) is 0 Å². The van der Waals surface area contributed by atoms with Crippen molar-refractivity contribution in [2.45, 2.75) is 43.2 Å². The molecular formula is C17H25N3O5S. The third kappa shape index (κ3) is 4.28. The number of likely N-dealkylation sites (tertiary alicyclic amines) is 1. The maximum Gasteiger partial charge on any atom is 0.241 e. The molecule has 0 spiro atoms. The topological polar surface area (TPSA) is 111 Å². The highest BCUT2D eigenvalue weighted by Gasteiger charge is 2.29. The molecule has 1 aromatic carbocycles. The summed E-state index contributed by atoms with van der Waals surface area (Å²) < 4.78 is 38.8. The minimum absolute atomic E-state index is 0.0387. The smallest absolute Gasteiger partial charge is 0.241 e. The molecule has 3 rings (SSSR count). The van der Waals surface area contributed by atoms with Crippen LogP contribution in [-0.4, -0.2) is 57.6 Å². The number of carbonyl (C=O) groups is 1. The summed E-state index contributed by atoms with van der Waals surface area (Å²) in [6.45, 7) is 3.59. The van der Waals surface area contributed by atoms with Crippen LogP contribution in [0.3, 0.4) is 0 Å². The highest BCUT2D eigenvalue weighted by atomic mass is 32.2. The molecule has 0 saturated carbocycles. The Morgan fingerprint density at radius 3 is 2.73 bits per heavy atom. The van der Waals surface area contributed by atoms with Crippen molar-refractivity contribution in [1.29, 1.82) is 0 Å². The number of nitrogens with one attached hydrogen (secondary N) is 1. The van der Waals surface area contributed by atoms with Crippen LogP contribution in [0.25, 0.3) is 0 Å². The van der Waals surface area contributed by atoms with Gasteiger partial charge in [-0.3, -0.25) is 4.79 Å². The SMILES string of the molecule is CC(NS(=O)(=O)c1ccc2c(c1)OCCCO2)C(=O)N1CCCC(N)C1. The lowest BCUT2D eigenvalue weighted by atomic mass is 10.1. The van der Waals surface area contributed by atoms with Gasteiger partial charge >= 0.3 is 0 Å². The number of carbonyl (C=O) groups excluding carboxylic acids is 1. The van der Waals surface area contributed by atoms with Crippen LogP contribution < -0.4 is 19.9 Å². The lowest BCUT2D eigenvalue weighted by Gasteiger charge is -2.32. The molecule has 2 unspecified atom stereocenters. The third-order valence-electron chi connectivity index (χ3n) is 4.50. The van der Waals surface area contributed by atoms with Crippen LogP contribution in [0.2, 0.25) is 0 Å². The number of nitrogens with two attached hydrogens (primary N) is 1. The van der Waals surface area contributed by atoms with E-state index >= 15 is 0 Å². The van der Waals surface area contributed by atoms with Gasteiger partial charge < -0.3 is 20.1 Å².